The SMILES string of the molecule is CO[C@@H](c1cc(COc2cccc([C@H](O)CC(=O)O)c2F)ccc1-c1cc(F)ccc1F)C(C)(C)C. The van der Waals surface area contributed by atoms with Crippen molar-refractivity contribution in [2.75, 3.05) is 7.11 Å². The lowest BCUT2D eigenvalue weighted by atomic mass is 9.81. The van der Waals surface area contributed by atoms with Crippen LogP contribution in [0.2, 0.25) is 0 Å². The summed E-state index contributed by atoms with van der Waals surface area (Å²) in [5.41, 5.74) is 1.21. The van der Waals surface area contributed by atoms with E-state index >= 15 is 0 Å². The van der Waals surface area contributed by atoms with Crippen molar-refractivity contribution >= 4 is 5.97 Å². The van der Waals surface area contributed by atoms with Gasteiger partial charge in [0.15, 0.2) is 11.6 Å². The number of benzene rings is 3. The molecule has 0 heterocycles. The van der Waals surface area contributed by atoms with E-state index in [0.717, 1.165) is 18.2 Å². The van der Waals surface area contributed by atoms with E-state index in [4.69, 9.17) is 14.6 Å². The average Bonchev–Trinajstić information content (AvgIpc) is 2.79. The topological polar surface area (TPSA) is 76.0 Å². The Hall–Kier alpha value is -3.36. The highest BCUT2D eigenvalue weighted by molar-refractivity contribution is 5.69. The lowest BCUT2D eigenvalue weighted by Gasteiger charge is -2.32. The molecule has 0 fully saturated rings. The minimum Gasteiger partial charge on any atom is -0.486 e. The van der Waals surface area contributed by atoms with Crippen molar-refractivity contribution in [1.29, 1.82) is 0 Å². The van der Waals surface area contributed by atoms with Gasteiger partial charge in [-0.05, 0) is 52.4 Å². The van der Waals surface area contributed by atoms with Gasteiger partial charge in [0.2, 0.25) is 0 Å². The molecule has 0 spiro atoms. The molecule has 5 nitrogen and oxygen atoms in total. The standard InChI is InChI=1S/C28H29F3O5/c1-28(2,3)27(35-4)21-12-16(8-10-18(21)20-13-17(29)9-11-22(20)30)15-36-24-7-5-6-19(26(24)31)23(32)14-25(33)34/h5-13,23,27,32H,14-15H2,1-4H3,(H,33,34)/t23-,27+/m1/s1. The van der Waals surface area contributed by atoms with Gasteiger partial charge in [0.25, 0.3) is 0 Å². The molecule has 3 aromatic rings. The first-order valence-electron chi connectivity index (χ1n) is 11.3. The van der Waals surface area contributed by atoms with Gasteiger partial charge >= 0.3 is 5.97 Å². The second-order valence-electron chi connectivity index (χ2n) is 9.59. The van der Waals surface area contributed by atoms with Crippen LogP contribution >= 0.6 is 0 Å². The third kappa shape index (κ3) is 6.25. The smallest absolute Gasteiger partial charge is 0.306 e. The van der Waals surface area contributed by atoms with Crippen molar-refractivity contribution in [3.63, 3.8) is 0 Å². The molecule has 3 aromatic carbocycles. The molecule has 8 heteroatoms. The van der Waals surface area contributed by atoms with Crippen molar-refractivity contribution in [1.82, 2.24) is 0 Å². The summed E-state index contributed by atoms with van der Waals surface area (Å²) in [5.74, 6) is -3.42. The third-order valence-electron chi connectivity index (χ3n) is 5.75. The summed E-state index contributed by atoms with van der Waals surface area (Å²) in [6.45, 7) is 5.80. The predicted octanol–water partition coefficient (Wildman–Crippen LogP) is 6.59. The summed E-state index contributed by atoms with van der Waals surface area (Å²) in [4.78, 5) is 10.9. The van der Waals surface area contributed by atoms with E-state index in [1.165, 1.54) is 25.3 Å². The largest absolute Gasteiger partial charge is 0.486 e. The van der Waals surface area contributed by atoms with E-state index in [0.29, 0.717) is 16.7 Å². The zero-order valence-corrected chi connectivity index (χ0v) is 20.5. The molecule has 0 saturated heterocycles. The van der Waals surface area contributed by atoms with E-state index in [9.17, 15) is 23.1 Å². The lowest BCUT2D eigenvalue weighted by Crippen LogP contribution is -2.21. The fourth-order valence-electron chi connectivity index (χ4n) is 4.15. The fraction of sp³-hybridized carbons (Fsp3) is 0.321. The summed E-state index contributed by atoms with van der Waals surface area (Å²) in [5, 5.41) is 18.9. The van der Waals surface area contributed by atoms with Crippen LogP contribution in [-0.2, 0) is 16.1 Å². The normalized spacial score (nSPS) is 13.3. The Morgan fingerprint density at radius 2 is 1.69 bits per heavy atom. The molecule has 0 bridgehead atoms. The van der Waals surface area contributed by atoms with Crippen LogP contribution in [0, 0.1) is 22.9 Å². The van der Waals surface area contributed by atoms with Gasteiger partial charge in [-0.2, -0.15) is 0 Å². The van der Waals surface area contributed by atoms with E-state index < -0.39 is 47.5 Å². The molecule has 2 N–H and O–H groups in total. The van der Waals surface area contributed by atoms with Crippen molar-refractivity contribution in [3.05, 3.63) is 88.7 Å². The van der Waals surface area contributed by atoms with Crippen LogP contribution in [0.15, 0.2) is 54.6 Å². The van der Waals surface area contributed by atoms with Gasteiger partial charge < -0.3 is 19.7 Å². The summed E-state index contributed by atoms with van der Waals surface area (Å²) < 4.78 is 54.9. The zero-order valence-electron chi connectivity index (χ0n) is 20.5. The number of halogens is 3. The number of carboxylic acids is 1. The van der Waals surface area contributed by atoms with Gasteiger partial charge in [-0.1, -0.05) is 45.0 Å². The molecule has 0 unspecified atom stereocenters. The number of aliphatic carboxylic acids is 1. The van der Waals surface area contributed by atoms with Gasteiger partial charge in [0, 0.05) is 18.2 Å². The summed E-state index contributed by atoms with van der Waals surface area (Å²) in [6.07, 6.45) is -2.65. The maximum atomic E-state index is 14.9. The van der Waals surface area contributed by atoms with Crippen molar-refractivity contribution < 1.29 is 37.7 Å². The highest BCUT2D eigenvalue weighted by Gasteiger charge is 2.29. The molecular weight excluding hydrogens is 473 g/mol. The predicted molar refractivity (Wildman–Crippen MR) is 129 cm³/mol. The monoisotopic (exact) mass is 502 g/mol. The van der Waals surface area contributed by atoms with Gasteiger partial charge in [-0.25, -0.2) is 13.2 Å². The number of methoxy groups -OCH3 is 1. The van der Waals surface area contributed by atoms with Gasteiger partial charge in [-0.3, -0.25) is 4.79 Å². The van der Waals surface area contributed by atoms with E-state index in [1.54, 1.807) is 18.2 Å². The molecule has 3 rings (SSSR count). The van der Waals surface area contributed by atoms with Crippen LogP contribution in [0.25, 0.3) is 11.1 Å². The Morgan fingerprint density at radius 1 is 0.972 bits per heavy atom. The Kier molecular flexibility index (Phi) is 8.43. The van der Waals surface area contributed by atoms with Crippen LogP contribution < -0.4 is 4.74 Å². The van der Waals surface area contributed by atoms with E-state index in [-0.39, 0.29) is 23.5 Å². The minimum atomic E-state index is -1.52. The van der Waals surface area contributed by atoms with Crippen LogP contribution in [0.5, 0.6) is 5.75 Å². The summed E-state index contributed by atoms with van der Waals surface area (Å²) >= 11 is 0. The first kappa shape index (κ1) is 27.2. The average molecular weight is 503 g/mol. The van der Waals surface area contributed by atoms with Gasteiger partial charge in [0.1, 0.15) is 18.2 Å². The molecule has 0 aromatic heterocycles. The van der Waals surface area contributed by atoms with Gasteiger partial charge in [-0.15, -0.1) is 0 Å². The third-order valence-corrected chi connectivity index (χ3v) is 5.75. The van der Waals surface area contributed by atoms with Crippen LogP contribution in [-0.4, -0.2) is 23.3 Å². The minimum absolute atomic E-state index is 0.0745. The highest BCUT2D eigenvalue weighted by atomic mass is 19.1. The van der Waals surface area contributed by atoms with E-state index in [1.807, 2.05) is 20.8 Å². The Morgan fingerprint density at radius 3 is 2.33 bits per heavy atom. The number of aliphatic hydroxyl groups is 1. The second-order valence-corrected chi connectivity index (χ2v) is 9.59. The number of rotatable bonds is 9. The zero-order chi connectivity index (χ0) is 26.6. The van der Waals surface area contributed by atoms with Crippen molar-refractivity contribution in [2.45, 2.75) is 46.0 Å². The van der Waals surface area contributed by atoms with Crippen molar-refractivity contribution in [2.24, 2.45) is 5.41 Å². The molecule has 0 aliphatic heterocycles. The number of carbonyl (C=O) groups is 1. The maximum absolute atomic E-state index is 14.9. The van der Waals surface area contributed by atoms with Crippen LogP contribution in [0.1, 0.15) is 56.1 Å². The maximum Gasteiger partial charge on any atom is 0.306 e. The fourth-order valence-corrected chi connectivity index (χ4v) is 4.15. The highest BCUT2D eigenvalue weighted by Crippen LogP contribution is 2.41. The summed E-state index contributed by atoms with van der Waals surface area (Å²) in [6, 6.07) is 12.4. The molecule has 36 heavy (non-hydrogen) atoms. The quantitative estimate of drug-likeness (QED) is 0.345. The number of carboxylic acid groups (broad SMARTS) is 1. The number of hydrogen-bond acceptors (Lipinski definition) is 4. The molecule has 0 saturated carbocycles. The lowest BCUT2D eigenvalue weighted by molar-refractivity contribution is -0.139. The number of hydrogen-bond donors (Lipinski definition) is 2. The molecule has 0 amide bonds. The Balaban J connectivity index is 1.98. The summed E-state index contributed by atoms with van der Waals surface area (Å²) in [7, 11) is 1.54. The molecule has 0 aliphatic rings. The van der Waals surface area contributed by atoms with Crippen LogP contribution in [0.4, 0.5) is 13.2 Å². The Bertz CT molecular complexity index is 1240. The molecule has 0 aliphatic carbocycles. The first-order valence-corrected chi connectivity index (χ1v) is 11.3. The van der Waals surface area contributed by atoms with Crippen LogP contribution in [0.3, 0.4) is 0 Å². The van der Waals surface area contributed by atoms with Crippen molar-refractivity contribution in [3.8, 4) is 16.9 Å². The number of ether oxygens (including phenoxy) is 2. The molecule has 0 radical (unpaired) electrons. The number of aliphatic hydroxyl groups excluding tert-OH is 1. The molecular formula is C28H29F3O5. The van der Waals surface area contributed by atoms with E-state index in [2.05, 4.69) is 0 Å². The molecule has 192 valence electrons. The van der Waals surface area contributed by atoms with Gasteiger partial charge in [0.05, 0.1) is 18.6 Å². The second kappa shape index (κ2) is 11.1. The molecule has 2 atom stereocenters. The Labute approximate surface area is 208 Å². The first-order chi connectivity index (χ1) is 16.9.